The van der Waals surface area contributed by atoms with Crippen LogP contribution in [0.4, 0.5) is 0 Å². The average Bonchev–Trinajstić information content (AvgIpc) is 1.99. The van der Waals surface area contributed by atoms with E-state index >= 15 is 0 Å². The van der Waals surface area contributed by atoms with Gasteiger partial charge >= 0.3 is 0 Å². The lowest BCUT2D eigenvalue weighted by atomic mass is 10.1. The maximum Gasteiger partial charge on any atom is 0.140 e. The van der Waals surface area contributed by atoms with Crippen LogP contribution >= 0.6 is 0 Å². The van der Waals surface area contributed by atoms with Crippen molar-refractivity contribution in [2.45, 2.75) is 38.3 Å². The van der Waals surface area contributed by atoms with Crippen LogP contribution in [0.25, 0.3) is 0 Å². The molecule has 2 N–H and O–H groups in total. The van der Waals surface area contributed by atoms with Crippen LogP contribution in [0.3, 0.4) is 0 Å². The molecule has 0 saturated heterocycles. The Bertz CT molecular complexity index is 219. The minimum atomic E-state index is -1.45. The maximum atomic E-state index is 9.36. The molecule has 0 rings (SSSR count). The highest BCUT2D eigenvalue weighted by molar-refractivity contribution is 6.83. The SMILES string of the molecule is C=CC[C@H](O)[C@@H](O)C#C[Si](C)(C)C. The third-order valence-electron chi connectivity index (χ3n) is 1.37. The first-order chi connectivity index (χ1) is 5.87. The van der Waals surface area contributed by atoms with E-state index in [0.29, 0.717) is 6.42 Å². The molecule has 0 unspecified atom stereocenters. The normalized spacial score (nSPS) is 15.5. The Morgan fingerprint density at radius 2 is 1.92 bits per heavy atom. The van der Waals surface area contributed by atoms with Crippen molar-refractivity contribution in [2.24, 2.45) is 0 Å². The molecule has 0 aromatic carbocycles. The number of hydrogen-bond donors (Lipinski definition) is 2. The molecule has 0 bridgehead atoms. The van der Waals surface area contributed by atoms with Crippen LogP contribution < -0.4 is 0 Å². The number of hydrogen-bond acceptors (Lipinski definition) is 2. The van der Waals surface area contributed by atoms with Gasteiger partial charge in [-0.05, 0) is 6.42 Å². The minimum absolute atomic E-state index is 0.377. The molecule has 0 amide bonds. The summed E-state index contributed by atoms with van der Waals surface area (Å²) in [7, 11) is -1.45. The Morgan fingerprint density at radius 1 is 1.38 bits per heavy atom. The fraction of sp³-hybridized carbons (Fsp3) is 0.600. The summed E-state index contributed by atoms with van der Waals surface area (Å²) >= 11 is 0. The summed E-state index contributed by atoms with van der Waals surface area (Å²) in [6.07, 6.45) is 0.206. The van der Waals surface area contributed by atoms with Crippen LogP contribution in [0.1, 0.15) is 6.42 Å². The topological polar surface area (TPSA) is 40.5 Å². The van der Waals surface area contributed by atoms with Gasteiger partial charge in [0.1, 0.15) is 14.2 Å². The van der Waals surface area contributed by atoms with Crippen LogP contribution in [0, 0.1) is 11.5 Å². The fourth-order valence-corrected chi connectivity index (χ4v) is 1.27. The molecule has 2 nitrogen and oxygen atoms in total. The monoisotopic (exact) mass is 198 g/mol. The summed E-state index contributed by atoms with van der Waals surface area (Å²) in [6.45, 7) is 9.75. The van der Waals surface area contributed by atoms with Gasteiger partial charge in [-0.2, -0.15) is 0 Å². The van der Waals surface area contributed by atoms with E-state index in [-0.39, 0.29) is 0 Å². The van der Waals surface area contributed by atoms with Gasteiger partial charge in [0.2, 0.25) is 0 Å². The van der Waals surface area contributed by atoms with E-state index in [2.05, 4.69) is 37.7 Å². The van der Waals surface area contributed by atoms with Crippen molar-refractivity contribution in [3.8, 4) is 11.5 Å². The second-order valence-electron chi connectivity index (χ2n) is 4.06. The van der Waals surface area contributed by atoms with Gasteiger partial charge in [-0.25, -0.2) is 0 Å². The molecule has 0 aliphatic rings. The molecule has 0 heterocycles. The predicted octanol–water partition coefficient (Wildman–Crippen LogP) is 1.17. The van der Waals surface area contributed by atoms with Crippen LogP contribution in [-0.2, 0) is 0 Å². The molecule has 3 heteroatoms. The molecule has 0 aromatic heterocycles. The van der Waals surface area contributed by atoms with Gasteiger partial charge < -0.3 is 10.2 Å². The summed E-state index contributed by atoms with van der Waals surface area (Å²) in [5, 5.41) is 18.7. The van der Waals surface area contributed by atoms with E-state index in [4.69, 9.17) is 0 Å². The minimum Gasteiger partial charge on any atom is -0.389 e. The molecule has 13 heavy (non-hydrogen) atoms. The smallest absolute Gasteiger partial charge is 0.140 e. The number of aliphatic hydroxyl groups is 2. The van der Waals surface area contributed by atoms with Gasteiger partial charge in [0.05, 0.1) is 6.10 Å². The summed E-state index contributed by atoms with van der Waals surface area (Å²) in [5.74, 6) is 2.68. The number of aliphatic hydroxyl groups excluding tert-OH is 2. The zero-order chi connectivity index (χ0) is 10.5. The highest BCUT2D eigenvalue weighted by Gasteiger charge is 2.13. The molecule has 0 fully saturated rings. The third kappa shape index (κ3) is 6.58. The zero-order valence-corrected chi connectivity index (χ0v) is 9.54. The van der Waals surface area contributed by atoms with Crippen molar-refractivity contribution in [1.82, 2.24) is 0 Å². The van der Waals surface area contributed by atoms with Crippen LogP contribution in [0.15, 0.2) is 12.7 Å². The van der Waals surface area contributed by atoms with Crippen molar-refractivity contribution in [2.75, 3.05) is 0 Å². The van der Waals surface area contributed by atoms with Gasteiger partial charge in [0, 0.05) is 0 Å². The lowest BCUT2D eigenvalue weighted by Gasteiger charge is -2.11. The molecular formula is C10H18O2Si. The first-order valence-electron chi connectivity index (χ1n) is 4.36. The zero-order valence-electron chi connectivity index (χ0n) is 8.54. The Balaban J connectivity index is 4.18. The maximum absolute atomic E-state index is 9.36. The van der Waals surface area contributed by atoms with E-state index in [0.717, 1.165) is 0 Å². The van der Waals surface area contributed by atoms with Gasteiger partial charge in [-0.1, -0.05) is 31.6 Å². The van der Waals surface area contributed by atoms with E-state index < -0.39 is 20.3 Å². The number of rotatable bonds is 3. The van der Waals surface area contributed by atoms with Crippen LogP contribution in [-0.4, -0.2) is 30.5 Å². The molecule has 0 aliphatic carbocycles. The standard InChI is InChI=1S/C10H18O2Si/c1-5-6-9(11)10(12)7-8-13(2,3)4/h5,9-12H,1,6H2,2-4H3/t9-,10-/m0/s1. The highest BCUT2D eigenvalue weighted by atomic mass is 28.3. The fourth-order valence-electron chi connectivity index (χ4n) is 0.686. The lowest BCUT2D eigenvalue weighted by Crippen LogP contribution is -2.25. The van der Waals surface area contributed by atoms with Crippen LogP contribution in [0.2, 0.25) is 19.6 Å². The van der Waals surface area contributed by atoms with Gasteiger partial charge in [-0.15, -0.1) is 12.1 Å². The second-order valence-corrected chi connectivity index (χ2v) is 8.81. The molecule has 0 radical (unpaired) electrons. The van der Waals surface area contributed by atoms with Crippen molar-refractivity contribution in [1.29, 1.82) is 0 Å². The molecule has 74 valence electrons. The van der Waals surface area contributed by atoms with Gasteiger partial charge in [0.25, 0.3) is 0 Å². The highest BCUT2D eigenvalue weighted by Crippen LogP contribution is 2.01. The van der Waals surface area contributed by atoms with E-state index in [1.165, 1.54) is 0 Å². The Hall–Kier alpha value is -0.563. The van der Waals surface area contributed by atoms with Crippen molar-refractivity contribution >= 4 is 8.07 Å². The summed E-state index contributed by atoms with van der Waals surface area (Å²) in [5.41, 5.74) is 3.01. The molecule has 0 spiro atoms. The Labute approximate surface area is 81.3 Å². The quantitative estimate of drug-likeness (QED) is 0.406. The summed E-state index contributed by atoms with van der Waals surface area (Å²) < 4.78 is 0. The summed E-state index contributed by atoms with van der Waals surface area (Å²) in [6, 6.07) is 0. The second kappa shape index (κ2) is 5.23. The molecule has 0 aromatic rings. The largest absolute Gasteiger partial charge is 0.389 e. The first kappa shape index (κ1) is 12.4. The van der Waals surface area contributed by atoms with E-state index in [1.807, 2.05) is 0 Å². The van der Waals surface area contributed by atoms with Gasteiger partial charge in [-0.3, -0.25) is 0 Å². The predicted molar refractivity (Wildman–Crippen MR) is 57.9 cm³/mol. The molecule has 0 aliphatic heterocycles. The molecular weight excluding hydrogens is 180 g/mol. The Morgan fingerprint density at radius 3 is 2.31 bits per heavy atom. The van der Waals surface area contributed by atoms with Crippen LogP contribution in [0.5, 0.6) is 0 Å². The Kier molecular flexibility index (Phi) is 5.00. The van der Waals surface area contributed by atoms with Crippen molar-refractivity contribution in [3.05, 3.63) is 12.7 Å². The third-order valence-corrected chi connectivity index (χ3v) is 2.26. The summed E-state index contributed by atoms with van der Waals surface area (Å²) in [4.78, 5) is 0. The van der Waals surface area contributed by atoms with Crippen molar-refractivity contribution < 1.29 is 10.2 Å². The van der Waals surface area contributed by atoms with E-state index in [9.17, 15) is 10.2 Å². The van der Waals surface area contributed by atoms with Crippen molar-refractivity contribution in [3.63, 3.8) is 0 Å². The first-order valence-corrected chi connectivity index (χ1v) is 7.86. The van der Waals surface area contributed by atoms with E-state index in [1.54, 1.807) is 6.08 Å². The van der Waals surface area contributed by atoms with Gasteiger partial charge in [0.15, 0.2) is 0 Å². The molecule has 2 atom stereocenters. The lowest BCUT2D eigenvalue weighted by molar-refractivity contribution is 0.0569. The molecule has 0 saturated carbocycles. The average molecular weight is 198 g/mol.